The Bertz CT molecular complexity index is 1160. The quantitative estimate of drug-likeness (QED) is 0.545. The molecule has 0 saturated carbocycles. The van der Waals surface area contributed by atoms with Gasteiger partial charge in [0.15, 0.2) is 11.5 Å². The number of carbonyl (C=O) groups is 1. The molecule has 0 fully saturated rings. The number of hydrogen-bond donors (Lipinski definition) is 1. The van der Waals surface area contributed by atoms with Crippen LogP contribution >= 0.6 is 0 Å². The van der Waals surface area contributed by atoms with E-state index in [1.54, 1.807) is 46.6 Å². The standard InChI is InChI=1S/C26H27NO6/c1-29-21-11-6-5-10-19(21)27-26(28)17-9-7-8-16(14-17)20-13-12-18-22(33-20)15-23(30-2)25(32-4)24(18)31-3/h5-11,14-15,20H,12-13H2,1-4H3,(H,27,28). The van der Waals surface area contributed by atoms with Crippen molar-refractivity contribution in [2.45, 2.75) is 18.9 Å². The SMILES string of the molecule is COc1ccccc1NC(=O)c1cccc(C2CCc3c(cc(OC)c(OC)c3OC)O2)c1. The van der Waals surface area contributed by atoms with E-state index in [1.165, 1.54) is 0 Å². The van der Waals surface area contributed by atoms with Gasteiger partial charge in [-0.15, -0.1) is 0 Å². The largest absolute Gasteiger partial charge is 0.495 e. The van der Waals surface area contributed by atoms with Crippen molar-refractivity contribution in [3.05, 3.63) is 71.3 Å². The van der Waals surface area contributed by atoms with Crippen molar-refractivity contribution >= 4 is 11.6 Å². The summed E-state index contributed by atoms with van der Waals surface area (Å²) in [5, 5.41) is 2.91. The Labute approximate surface area is 193 Å². The zero-order valence-electron chi connectivity index (χ0n) is 19.1. The lowest BCUT2D eigenvalue weighted by molar-refractivity contribution is 0.102. The maximum atomic E-state index is 12.9. The minimum atomic E-state index is -0.217. The van der Waals surface area contributed by atoms with E-state index in [0.717, 1.165) is 24.0 Å². The molecule has 33 heavy (non-hydrogen) atoms. The average Bonchev–Trinajstić information content (AvgIpc) is 2.87. The first kappa shape index (κ1) is 22.3. The highest BCUT2D eigenvalue weighted by Crippen LogP contribution is 2.49. The second-order valence-corrected chi connectivity index (χ2v) is 7.55. The van der Waals surface area contributed by atoms with Gasteiger partial charge in [0.1, 0.15) is 17.6 Å². The molecule has 1 N–H and O–H groups in total. The number of nitrogens with one attached hydrogen (secondary N) is 1. The molecule has 7 heteroatoms. The molecule has 0 aromatic heterocycles. The number of amides is 1. The molecule has 1 unspecified atom stereocenters. The van der Waals surface area contributed by atoms with E-state index in [2.05, 4.69) is 5.32 Å². The minimum Gasteiger partial charge on any atom is -0.495 e. The van der Waals surface area contributed by atoms with Crippen LogP contribution in [0.15, 0.2) is 54.6 Å². The number of methoxy groups -OCH3 is 4. The first-order chi connectivity index (χ1) is 16.1. The number of carbonyl (C=O) groups excluding carboxylic acids is 1. The molecule has 0 radical (unpaired) electrons. The predicted molar refractivity (Wildman–Crippen MR) is 125 cm³/mol. The Kier molecular flexibility index (Phi) is 6.58. The maximum Gasteiger partial charge on any atom is 0.255 e. The maximum absolute atomic E-state index is 12.9. The number of hydrogen-bond acceptors (Lipinski definition) is 6. The summed E-state index contributed by atoms with van der Waals surface area (Å²) in [4.78, 5) is 12.9. The van der Waals surface area contributed by atoms with Gasteiger partial charge >= 0.3 is 0 Å². The Morgan fingerprint density at radius 3 is 2.36 bits per heavy atom. The van der Waals surface area contributed by atoms with Crippen LogP contribution in [0.3, 0.4) is 0 Å². The first-order valence-electron chi connectivity index (χ1n) is 10.6. The van der Waals surface area contributed by atoms with Crippen LogP contribution in [0.2, 0.25) is 0 Å². The third-order valence-corrected chi connectivity index (χ3v) is 5.69. The van der Waals surface area contributed by atoms with E-state index in [9.17, 15) is 4.79 Å². The van der Waals surface area contributed by atoms with Crippen LogP contribution in [-0.4, -0.2) is 34.3 Å². The molecule has 1 heterocycles. The van der Waals surface area contributed by atoms with Crippen LogP contribution < -0.4 is 29.0 Å². The number of fused-ring (bicyclic) bond motifs is 1. The molecule has 172 valence electrons. The van der Waals surface area contributed by atoms with Gasteiger partial charge in [0.2, 0.25) is 5.75 Å². The molecule has 0 bridgehead atoms. The third kappa shape index (κ3) is 4.39. The number of rotatable bonds is 7. The molecule has 0 aliphatic carbocycles. The lowest BCUT2D eigenvalue weighted by atomic mass is 9.95. The molecule has 1 atom stereocenters. The van der Waals surface area contributed by atoms with E-state index >= 15 is 0 Å². The van der Waals surface area contributed by atoms with Gasteiger partial charge in [-0.25, -0.2) is 0 Å². The number of anilines is 1. The number of ether oxygens (including phenoxy) is 5. The summed E-state index contributed by atoms with van der Waals surface area (Å²) >= 11 is 0. The van der Waals surface area contributed by atoms with Crippen molar-refractivity contribution in [2.24, 2.45) is 0 Å². The molecule has 1 amide bonds. The number of para-hydroxylation sites is 2. The van der Waals surface area contributed by atoms with Gasteiger partial charge in [-0.2, -0.15) is 0 Å². The topological polar surface area (TPSA) is 75.3 Å². The van der Waals surface area contributed by atoms with Crippen LogP contribution in [0, 0.1) is 0 Å². The molecule has 1 aliphatic rings. The van der Waals surface area contributed by atoms with Gasteiger partial charge in [-0.3, -0.25) is 4.79 Å². The van der Waals surface area contributed by atoms with Gasteiger partial charge in [0.25, 0.3) is 5.91 Å². The monoisotopic (exact) mass is 449 g/mol. The van der Waals surface area contributed by atoms with Gasteiger partial charge in [0, 0.05) is 17.2 Å². The molecule has 3 aromatic rings. The molecule has 4 rings (SSSR count). The molecular formula is C26H27NO6. The van der Waals surface area contributed by atoms with Crippen molar-refractivity contribution < 1.29 is 28.5 Å². The van der Waals surface area contributed by atoms with Crippen LogP contribution in [0.25, 0.3) is 0 Å². The predicted octanol–water partition coefficient (Wildman–Crippen LogP) is 5.04. The highest BCUT2D eigenvalue weighted by Gasteiger charge is 2.29. The van der Waals surface area contributed by atoms with Crippen molar-refractivity contribution in [3.63, 3.8) is 0 Å². The minimum absolute atomic E-state index is 0.209. The Morgan fingerprint density at radius 1 is 0.879 bits per heavy atom. The molecular weight excluding hydrogens is 422 g/mol. The second-order valence-electron chi connectivity index (χ2n) is 7.55. The highest BCUT2D eigenvalue weighted by molar-refractivity contribution is 6.05. The Balaban J connectivity index is 1.58. The van der Waals surface area contributed by atoms with Crippen LogP contribution in [-0.2, 0) is 6.42 Å². The molecule has 1 aliphatic heterocycles. The second kappa shape index (κ2) is 9.73. The molecule has 7 nitrogen and oxygen atoms in total. The zero-order chi connectivity index (χ0) is 23.4. The fourth-order valence-corrected chi connectivity index (χ4v) is 4.08. The van der Waals surface area contributed by atoms with Crippen molar-refractivity contribution in [3.8, 4) is 28.7 Å². The van der Waals surface area contributed by atoms with E-state index in [0.29, 0.717) is 40.0 Å². The lowest BCUT2D eigenvalue weighted by Gasteiger charge is -2.29. The number of benzene rings is 3. The fraction of sp³-hybridized carbons (Fsp3) is 0.269. The third-order valence-electron chi connectivity index (χ3n) is 5.69. The zero-order valence-corrected chi connectivity index (χ0v) is 19.1. The van der Waals surface area contributed by atoms with E-state index in [4.69, 9.17) is 23.7 Å². The normalized spacial score (nSPS) is 14.5. The van der Waals surface area contributed by atoms with Crippen LogP contribution in [0.5, 0.6) is 28.7 Å². The van der Waals surface area contributed by atoms with Gasteiger partial charge in [-0.05, 0) is 42.7 Å². The fourth-order valence-electron chi connectivity index (χ4n) is 4.08. The van der Waals surface area contributed by atoms with Crippen molar-refractivity contribution in [1.29, 1.82) is 0 Å². The Hall–Kier alpha value is -3.87. The summed E-state index contributed by atoms with van der Waals surface area (Å²) in [5.41, 5.74) is 3.02. The molecule has 3 aromatic carbocycles. The highest BCUT2D eigenvalue weighted by atomic mass is 16.5. The summed E-state index contributed by atoms with van der Waals surface area (Å²) in [6.07, 6.45) is 1.26. The smallest absolute Gasteiger partial charge is 0.255 e. The van der Waals surface area contributed by atoms with Crippen LogP contribution in [0.1, 0.15) is 34.0 Å². The average molecular weight is 450 g/mol. The van der Waals surface area contributed by atoms with Crippen molar-refractivity contribution in [2.75, 3.05) is 33.8 Å². The van der Waals surface area contributed by atoms with E-state index in [1.807, 2.05) is 36.4 Å². The summed E-state index contributed by atoms with van der Waals surface area (Å²) in [7, 11) is 6.34. The molecule has 0 spiro atoms. The van der Waals surface area contributed by atoms with E-state index in [-0.39, 0.29) is 12.0 Å². The lowest BCUT2D eigenvalue weighted by Crippen LogP contribution is -2.18. The van der Waals surface area contributed by atoms with Crippen LogP contribution in [0.4, 0.5) is 5.69 Å². The summed E-state index contributed by atoms with van der Waals surface area (Å²) in [6, 6.07) is 16.6. The summed E-state index contributed by atoms with van der Waals surface area (Å²) in [6.45, 7) is 0. The Morgan fingerprint density at radius 2 is 1.64 bits per heavy atom. The van der Waals surface area contributed by atoms with Gasteiger partial charge in [-0.1, -0.05) is 24.3 Å². The van der Waals surface area contributed by atoms with Gasteiger partial charge < -0.3 is 29.0 Å². The first-order valence-corrected chi connectivity index (χ1v) is 10.6. The molecule has 0 saturated heterocycles. The van der Waals surface area contributed by atoms with Crippen molar-refractivity contribution in [1.82, 2.24) is 0 Å². The van der Waals surface area contributed by atoms with E-state index < -0.39 is 0 Å². The summed E-state index contributed by atoms with van der Waals surface area (Å²) < 4.78 is 28.2. The van der Waals surface area contributed by atoms with Gasteiger partial charge in [0.05, 0.1) is 34.1 Å². The summed E-state index contributed by atoms with van der Waals surface area (Å²) in [5.74, 6) is 2.78.